The van der Waals surface area contributed by atoms with Crippen LogP contribution in [0.4, 0.5) is 10.2 Å². The first-order valence-corrected chi connectivity index (χ1v) is 5.59. The van der Waals surface area contributed by atoms with Gasteiger partial charge < -0.3 is 10.4 Å². The van der Waals surface area contributed by atoms with E-state index in [0.717, 1.165) is 6.20 Å². The van der Waals surface area contributed by atoms with Crippen molar-refractivity contribution in [2.75, 3.05) is 5.32 Å². The van der Waals surface area contributed by atoms with E-state index in [4.69, 9.17) is 5.11 Å². The minimum atomic E-state index is -0.531. The lowest BCUT2D eigenvalue weighted by Gasteiger charge is -2.07. The molecular formula is C13H12FN3O2. The van der Waals surface area contributed by atoms with Crippen LogP contribution in [0.25, 0.3) is 0 Å². The highest BCUT2D eigenvalue weighted by molar-refractivity contribution is 6.04. The number of aliphatic hydroxyl groups is 1. The van der Waals surface area contributed by atoms with Gasteiger partial charge in [-0.1, -0.05) is 6.07 Å². The number of carbonyl (C=O) groups excluding carboxylic acids is 1. The molecule has 0 fully saturated rings. The molecule has 2 heterocycles. The van der Waals surface area contributed by atoms with E-state index in [1.165, 1.54) is 19.3 Å². The standard InChI is InChI=1S/C13H12FN3O2/c1-8-10(5-15-6-11(8)14)13(19)17-12-3-2-9(7-18)4-16-12/h2-6,18H,7H2,1H3,(H,16,17,19). The van der Waals surface area contributed by atoms with Crippen molar-refractivity contribution in [2.24, 2.45) is 0 Å². The minimum absolute atomic E-state index is 0.117. The topological polar surface area (TPSA) is 75.1 Å². The van der Waals surface area contributed by atoms with Gasteiger partial charge in [-0.2, -0.15) is 0 Å². The van der Waals surface area contributed by atoms with Gasteiger partial charge in [-0.05, 0) is 18.6 Å². The fourth-order valence-electron chi connectivity index (χ4n) is 1.50. The monoisotopic (exact) mass is 261 g/mol. The van der Waals surface area contributed by atoms with Crippen LogP contribution >= 0.6 is 0 Å². The van der Waals surface area contributed by atoms with Gasteiger partial charge in [0.15, 0.2) is 0 Å². The molecule has 0 spiro atoms. The van der Waals surface area contributed by atoms with Gasteiger partial charge in [-0.25, -0.2) is 9.37 Å². The normalized spacial score (nSPS) is 10.3. The molecule has 0 bridgehead atoms. The molecule has 0 aliphatic carbocycles. The van der Waals surface area contributed by atoms with Gasteiger partial charge in [0.05, 0.1) is 18.4 Å². The number of nitrogens with zero attached hydrogens (tertiary/aromatic N) is 2. The van der Waals surface area contributed by atoms with Gasteiger partial charge in [0.2, 0.25) is 0 Å². The number of aromatic nitrogens is 2. The van der Waals surface area contributed by atoms with Crippen molar-refractivity contribution in [3.05, 3.63) is 53.2 Å². The largest absolute Gasteiger partial charge is 0.392 e. The first kappa shape index (κ1) is 13.1. The van der Waals surface area contributed by atoms with Crippen molar-refractivity contribution in [3.8, 4) is 0 Å². The Morgan fingerprint density at radius 2 is 2.16 bits per heavy atom. The summed E-state index contributed by atoms with van der Waals surface area (Å²) >= 11 is 0. The maximum Gasteiger partial charge on any atom is 0.258 e. The Labute approximate surface area is 109 Å². The molecule has 19 heavy (non-hydrogen) atoms. The van der Waals surface area contributed by atoms with Crippen LogP contribution in [0.3, 0.4) is 0 Å². The van der Waals surface area contributed by atoms with E-state index in [2.05, 4.69) is 15.3 Å². The van der Waals surface area contributed by atoms with Crippen LogP contribution in [-0.4, -0.2) is 21.0 Å². The van der Waals surface area contributed by atoms with Crippen LogP contribution in [0.15, 0.2) is 30.7 Å². The molecular weight excluding hydrogens is 249 g/mol. The fourth-order valence-corrected chi connectivity index (χ4v) is 1.50. The van der Waals surface area contributed by atoms with E-state index >= 15 is 0 Å². The van der Waals surface area contributed by atoms with Crippen LogP contribution in [0.5, 0.6) is 0 Å². The second kappa shape index (κ2) is 5.53. The number of halogens is 1. The Bertz CT molecular complexity index is 599. The SMILES string of the molecule is Cc1c(F)cncc1C(=O)Nc1ccc(CO)cn1. The average Bonchev–Trinajstić information content (AvgIpc) is 2.42. The first-order valence-electron chi connectivity index (χ1n) is 5.59. The molecule has 2 aromatic heterocycles. The molecule has 0 aliphatic heterocycles. The van der Waals surface area contributed by atoms with Crippen molar-refractivity contribution >= 4 is 11.7 Å². The molecule has 0 saturated heterocycles. The lowest BCUT2D eigenvalue weighted by molar-refractivity contribution is 0.102. The molecule has 2 rings (SSSR count). The van der Waals surface area contributed by atoms with Crippen LogP contribution in [0.2, 0.25) is 0 Å². The Morgan fingerprint density at radius 1 is 1.37 bits per heavy atom. The molecule has 98 valence electrons. The number of aliphatic hydroxyl groups excluding tert-OH is 1. The van der Waals surface area contributed by atoms with E-state index in [1.807, 2.05) is 0 Å². The molecule has 0 atom stereocenters. The lowest BCUT2D eigenvalue weighted by atomic mass is 10.1. The number of carbonyl (C=O) groups is 1. The number of hydrogen-bond acceptors (Lipinski definition) is 4. The van der Waals surface area contributed by atoms with Gasteiger partial charge in [0, 0.05) is 18.0 Å². The number of amides is 1. The summed E-state index contributed by atoms with van der Waals surface area (Å²) in [6.07, 6.45) is 3.81. The summed E-state index contributed by atoms with van der Waals surface area (Å²) in [5.41, 5.74) is 1.04. The zero-order valence-electron chi connectivity index (χ0n) is 10.2. The minimum Gasteiger partial charge on any atom is -0.392 e. The van der Waals surface area contributed by atoms with E-state index < -0.39 is 11.7 Å². The first-order chi connectivity index (χ1) is 9.11. The predicted octanol–water partition coefficient (Wildman–Crippen LogP) is 1.67. The summed E-state index contributed by atoms with van der Waals surface area (Å²) in [5.74, 6) is -0.684. The van der Waals surface area contributed by atoms with Gasteiger partial charge >= 0.3 is 0 Å². The maximum absolute atomic E-state index is 13.3. The summed E-state index contributed by atoms with van der Waals surface area (Å²) in [6, 6.07) is 3.20. The van der Waals surface area contributed by atoms with Crippen molar-refractivity contribution < 1.29 is 14.3 Å². The van der Waals surface area contributed by atoms with Crippen LogP contribution in [0, 0.1) is 12.7 Å². The third-order valence-electron chi connectivity index (χ3n) is 2.65. The van der Waals surface area contributed by atoms with Crippen LogP contribution < -0.4 is 5.32 Å². The van der Waals surface area contributed by atoms with E-state index in [0.29, 0.717) is 11.4 Å². The quantitative estimate of drug-likeness (QED) is 0.881. The predicted molar refractivity (Wildman–Crippen MR) is 67.0 cm³/mol. The maximum atomic E-state index is 13.3. The highest BCUT2D eigenvalue weighted by Gasteiger charge is 2.13. The third-order valence-corrected chi connectivity index (χ3v) is 2.65. The highest BCUT2D eigenvalue weighted by atomic mass is 19.1. The number of nitrogens with one attached hydrogen (secondary N) is 1. The summed E-state index contributed by atoms with van der Waals surface area (Å²) < 4.78 is 13.3. The number of hydrogen-bond donors (Lipinski definition) is 2. The summed E-state index contributed by atoms with van der Waals surface area (Å²) in [7, 11) is 0. The second-order valence-electron chi connectivity index (χ2n) is 3.96. The molecule has 6 heteroatoms. The number of pyridine rings is 2. The fraction of sp³-hybridized carbons (Fsp3) is 0.154. The molecule has 0 saturated carbocycles. The molecule has 0 aromatic carbocycles. The average molecular weight is 261 g/mol. The van der Waals surface area contributed by atoms with Crippen LogP contribution in [0.1, 0.15) is 21.5 Å². The molecule has 2 aromatic rings. The van der Waals surface area contributed by atoms with Crippen molar-refractivity contribution in [1.29, 1.82) is 0 Å². The van der Waals surface area contributed by atoms with E-state index in [9.17, 15) is 9.18 Å². The van der Waals surface area contributed by atoms with E-state index in [-0.39, 0.29) is 17.7 Å². The highest BCUT2D eigenvalue weighted by Crippen LogP contribution is 2.13. The molecule has 0 radical (unpaired) electrons. The molecule has 5 nitrogen and oxygen atoms in total. The molecule has 0 unspecified atom stereocenters. The summed E-state index contributed by atoms with van der Waals surface area (Å²) in [5, 5.41) is 11.4. The van der Waals surface area contributed by atoms with Crippen molar-refractivity contribution in [1.82, 2.24) is 9.97 Å². The summed E-state index contributed by atoms with van der Waals surface area (Å²) in [6.45, 7) is 1.39. The third kappa shape index (κ3) is 2.92. The van der Waals surface area contributed by atoms with Gasteiger partial charge in [-0.15, -0.1) is 0 Å². The zero-order chi connectivity index (χ0) is 13.8. The molecule has 1 amide bonds. The number of anilines is 1. The number of rotatable bonds is 3. The molecule has 0 aliphatic rings. The summed E-state index contributed by atoms with van der Waals surface area (Å²) in [4.78, 5) is 19.5. The Morgan fingerprint density at radius 3 is 2.79 bits per heavy atom. The lowest BCUT2D eigenvalue weighted by Crippen LogP contribution is -2.15. The van der Waals surface area contributed by atoms with Crippen molar-refractivity contribution in [3.63, 3.8) is 0 Å². The Balaban J connectivity index is 2.18. The van der Waals surface area contributed by atoms with Gasteiger partial charge in [-0.3, -0.25) is 9.78 Å². The molecule has 2 N–H and O–H groups in total. The van der Waals surface area contributed by atoms with E-state index in [1.54, 1.807) is 12.1 Å². The van der Waals surface area contributed by atoms with Gasteiger partial charge in [0.25, 0.3) is 5.91 Å². The second-order valence-corrected chi connectivity index (χ2v) is 3.96. The van der Waals surface area contributed by atoms with Crippen LogP contribution in [-0.2, 0) is 6.61 Å². The Hall–Kier alpha value is -2.34. The zero-order valence-corrected chi connectivity index (χ0v) is 10.2. The Kier molecular flexibility index (Phi) is 3.82. The van der Waals surface area contributed by atoms with Crippen molar-refractivity contribution in [2.45, 2.75) is 13.5 Å². The smallest absolute Gasteiger partial charge is 0.258 e. The van der Waals surface area contributed by atoms with Gasteiger partial charge in [0.1, 0.15) is 11.6 Å².